The van der Waals surface area contributed by atoms with E-state index in [2.05, 4.69) is 61.3 Å². The van der Waals surface area contributed by atoms with E-state index < -0.39 is 17.6 Å². The molecule has 0 bridgehead atoms. The number of amides is 3. The second kappa shape index (κ2) is 15.7. The van der Waals surface area contributed by atoms with Gasteiger partial charge < -0.3 is 29.2 Å². The molecule has 8 heterocycles. The predicted octanol–water partition coefficient (Wildman–Crippen LogP) is 4.81. The number of benzene rings is 1. The summed E-state index contributed by atoms with van der Waals surface area (Å²) in [4.78, 5) is 65.0. The molecule has 4 saturated heterocycles. The van der Waals surface area contributed by atoms with Gasteiger partial charge in [0.2, 0.25) is 17.7 Å². The number of aryl methyl sites for hydroxylation is 2. The van der Waals surface area contributed by atoms with Crippen LogP contribution in [-0.2, 0) is 36.5 Å². The average Bonchev–Trinajstić information content (AvgIpc) is 3.94. The highest BCUT2D eigenvalue weighted by Crippen LogP contribution is 2.39. The van der Waals surface area contributed by atoms with Crippen molar-refractivity contribution in [3.63, 3.8) is 0 Å². The number of rotatable bonds is 9. The minimum Gasteiger partial charge on any atom is -0.378 e. The Morgan fingerprint density at radius 3 is 2.54 bits per heavy atom. The Hall–Kier alpha value is -5.38. The Kier molecular flexibility index (Phi) is 10.4. The van der Waals surface area contributed by atoms with E-state index in [-0.39, 0.29) is 30.0 Å². The highest BCUT2D eigenvalue weighted by molar-refractivity contribution is 6.01. The van der Waals surface area contributed by atoms with Gasteiger partial charge in [-0.05, 0) is 80.8 Å². The SMILES string of the molecule is CO[C@@]1(c2cc(C)cc(-c3cn(C4CCN(CC5CCN(c6cccc7c6n(C)c(=O)n7C6CCC(=O)NC6=O)CC5)CC4)c4cnc(NC(C)=O)cc34)n2)CCOC1. The largest absolute Gasteiger partial charge is 0.378 e. The van der Waals surface area contributed by atoms with Crippen LogP contribution in [0.4, 0.5) is 11.5 Å². The van der Waals surface area contributed by atoms with E-state index >= 15 is 0 Å². The van der Waals surface area contributed by atoms with Crippen molar-refractivity contribution in [3.8, 4) is 11.3 Å². The van der Waals surface area contributed by atoms with Crippen molar-refractivity contribution in [1.82, 2.24) is 33.9 Å². The van der Waals surface area contributed by atoms with E-state index in [0.29, 0.717) is 31.4 Å². The van der Waals surface area contributed by atoms with Crippen LogP contribution in [0.15, 0.2) is 53.6 Å². The topological polar surface area (TPSA) is 158 Å². The summed E-state index contributed by atoms with van der Waals surface area (Å²) in [5.41, 5.74) is 6.58. The summed E-state index contributed by atoms with van der Waals surface area (Å²) in [6.07, 6.45) is 9.50. The fourth-order valence-electron chi connectivity index (χ4n) is 9.96. The lowest BCUT2D eigenvalue weighted by molar-refractivity contribution is -0.135. The van der Waals surface area contributed by atoms with Crippen LogP contribution >= 0.6 is 0 Å². The lowest BCUT2D eigenvalue weighted by Crippen LogP contribution is -2.44. The van der Waals surface area contributed by atoms with Gasteiger partial charge in [-0.15, -0.1) is 0 Å². The number of hydrogen-bond acceptors (Lipinski definition) is 10. The normalized spacial score (nSPS) is 22.4. The number of carbonyl (C=O) groups excluding carboxylic acids is 3. The molecule has 0 spiro atoms. The van der Waals surface area contributed by atoms with Gasteiger partial charge in [-0.1, -0.05) is 6.07 Å². The molecule has 9 rings (SSSR count). The van der Waals surface area contributed by atoms with Gasteiger partial charge in [0.05, 0.1) is 46.4 Å². The molecule has 15 nitrogen and oxygen atoms in total. The third-order valence-electron chi connectivity index (χ3n) is 13.1. The molecule has 2 N–H and O–H groups in total. The van der Waals surface area contributed by atoms with Gasteiger partial charge in [0, 0.05) is 96.4 Å². The molecule has 59 heavy (non-hydrogen) atoms. The van der Waals surface area contributed by atoms with Crippen molar-refractivity contribution in [2.45, 2.75) is 76.5 Å². The number of likely N-dealkylation sites (tertiary alicyclic amines) is 1. The molecule has 5 aromatic rings. The fourth-order valence-corrected chi connectivity index (χ4v) is 9.96. The van der Waals surface area contributed by atoms with Crippen molar-refractivity contribution in [1.29, 1.82) is 0 Å². The van der Waals surface area contributed by atoms with Crippen LogP contribution in [0.2, 0.25) is 0 Å². The monoisotopic (exact) mass is 803 g/mol. The third-order valence-corrected chi connectivity index (χ3v) is 13.1. The van der Waals surface area contributed by atoms with E-state index in [1.807, 2.05) is 24.4 Å². The van der Waals surface area contributed by atoms with Crippen LogP contribution in [0.25, 0.3) is 33.2 Å². The summed E-state index contributed by atoms with van der Waals surface area (Å²) in [6, 6.07) is 11.7. The minimum atomic E-state index is -0.702. The molecule has 4 aliphatic rings. The Morgan fingerprint density at radius 2 is 1.83 bits per heavy atom. The van der Waals surface area contributed by atoms with Crippen LogP contribution in [0.5, 0.6) is 0 Å². The first-order chi connectivity index (χ1) is 28.5. The fraction of sp³-hybridized carbons (Fsp3) is 0.500. The predicted molar refractivity (Wildman–Crippen MR) is 224 cm³/mol. The lowest BCUT2D eigenvalue weighted by Gasteiger charge is -2.39. The number of methoxy groups -OCH3 is 1. The number of nitrogens with one attached hydrogen (secondary N) is 2. The van der Waals surface area contributed by atoms with Crippen molar-refractivity contribution < 1.29 is 23.9 Å². The van der Waals surface area contributed by atoms with E-state index in [4.69, 9.17) is 14.5 Å². The maximum Gasteiger partial charge on any atom is 0.329 e. The first kappa shape index (κ1) is 39.1. The molecule has 1 aromatic carbocycles. The quantitative estimate of drug-likeness (QED) is 0.198. The zero-order valence-electron chi connectivity index (χ0n) is 34.3. The molecule has 0 saturated carbocycles. The molecule has 4 aromatic heterocycles. The number of hydrogen-bond donors (Lipinski definition) is 2. The highest BCUT2D eigenvalue weighted by atomic mass is 16.5. The maximum absolute atomic E-state index is 13.5. The number of imide groups is 1. The molecule has 15 heteroatoms. The van der Waals surface area contributed by atoms with E-state index in [9.17, 15) is 19.2 Å². The molecule has 0 radical (unpaired) electrons. The summed E-state index contributed by atoms with van der Waals surface area (Å²) in [7, 11) is 3.49. The first-order valence-electron chi connectivity index (χ1n) is 20.9. The summed E-state index contributed by atoms with van der Waals surface area (Å²) in [6.45, 7) is 9.50. The smallest absolute Gasteiger partial charge is 0.329 e. The second-order valence-corrected chi connectivity index (χ2v) is 16.9. The number of carbonyl (C=O) groups is 3. The van der Waals surface area contributed by atoms with Gasteiger partial charge in [-0.2, -0.15) is 0 Å². The zero-order chi connectivity index (χ0) is 41.0. The van der Waals surface area contributed by atoms with Crippen LogP contribution in [-0.4, -0.2) is 99.3 Å². The van der Waals surface area contributed by atoms with Crippen molar-refractivity contribution in [3.05, 3.63) is 70.5 Å². The summed E-state index contributed by atoms with van der Waals surface area (Å²) >= 11 is 0. The highest BCUT2D eigenvalue weighted by Gasteiger charge is 2.39. The van der Waals surface area contributed by atoms with Crippen molar-refractivity contribution in [2.24, 2.45) is 13.0 Å². The number of ether oxygens (including phenoxy) is 2. The molecule has 4 aliphatic heterocycles. The van der Waals surface area contributed by atoms with Gasteiger partial charge in [0.1, 0.15) is 17.5 Å². The Morgan fingerprint density at radius 1 is 1.03 bits per heavy atom. The number of anilines is 2. The van der Waals surface area contributed by atoms with Crippen molar-refractivity contribution in [2.75, 3.05) is 63.3 Å². The number of pyridine rings is 2. The van der Waals surface area contributed by atoms with Gasteiger partial charge in [-0.25, -0.2) is 14.8 Å². The number of para-hydroxylation sites is 1. The number of nitrogens with zero attached hydrogens (tertiary/aromatic N) is 7. The van der Waals surface area contributed by atoms with Gasteiger partial charge >= 0.3 is 5.69 Å². The standard InChI is InChI=1S/C44H53N9O6/c1-27-20-33(47-38(21-27)44(58-4)14-19-59-26-44)32-25-52(37-23-45-39(22-31(32)37)46-28(2)54)30-12-15-50(16-13-30)24-29-10-17-51(18-11-29)34-6-5-7-35-41(34)49(3)43(57)53(35)36-8-9-40(55)48-42(36)56/h5-7,20-23,25,29-30,36H,8-19,24,26H2,1-4H3,(H,45,46,54)(H,48,55,56)/t36?,44-/m0/s1. The number of fused-ring (bicyclic) bond motifs is 2. The Labute approximate surface area is 342 Å². The van der Waals surface area contributed by atoms with Crippen LogP contribution < -0.4 is 21.2 Å². The molecular weight excluding hydrogens is 751 g/mol. The molecular formula is C44H53N9O6. The van der Waals surface area contributed by atoms with E-state index in [1.165, 1.54) is 6.92 Å². The van der Waals surface area contributed by atoms with E-state index in [0.717, 1.165) is 115 Å². The van der Waals surface area contributed by atoms with Gasteiger partial charge in [0.25, 0.3) is 0 Å². The third kappa shape index (κ3) is 7.22. The molecule has 2 atom stereocenters. The minimum absolute atomic E-state index is 0.166. The number of piperidine rings is 3. The average molecular weight is 804 g/mol. The summed E-state index contributed by atoms with van der Waals surface area (Å²) in [5.74, 6) is 0.199. The molecule has 0 aliphatic carbocycles. The molecule has 1 unspecified atom stereocenters. The zero-order valence-corrected chi connectivity index (χ0v) is 34.3. The first-order valence-corrected chi connectivity index (χ1v) is 20.9. The maximum atomic E-state index is 13.5. The molecule has 3 amide bonds. The lowest BCUT2D eigenvalue weighted by atomic mass is 9.94. The Bertz CT molecular complexity index is 2500. The second-order valence-electron chi connectivity index (χ2n) is 16.9. The van der Waals surface area contributed by atoms with Gasteiger partial charge in [-0.3, -0.25) is 28.8 Å². The summed E-state index contributed by atoms with van der Waals surface area (Å²) in [5, 5.41) is 6.27. The molecule has 4 fully saturated rings. The number of aromatic nitrogens is 5. The van der Waals surface area contributed by atoms with Gasteiger partial charge in [0.15, 0.2) is 0 Å². The Balaban J connectivity index is 0.890. The van der Waals surface area contributed by atoms with Crippen molar-refractivity contribution >= 4 is 51.2 Å². The molecule has 310 valence electrons. The van der Waals surface area contributed by atoms with Crippen LogP contribution in [0.1, 0.15) is 75.2 Å². The van der Waals surface area contributed by atoms with E-state index in [1.54, 1.807) is 23.3 Å². The van der Waals surface area contributed by atoms with Crippen LogP contribution in [0, 0.1) is 12.8 Å². The van der Waals surface area contributed by atoms with Crippen LogP contribution in [0.3, 0.4) is 0 Å². The number of imidazole rings is 1. The summed E-state index contributed by atoms with van der Waals surface area (Å²) < 4.78 is 17.4.